The quantitative estimate of drug-likeness (QED) is 0.537. The number of pyridine rings is 1. The van der Waals surface area contributed by atoms with Crippen molar-refractivity contribution in [3.8, 4) is 0 Å². The molecule has 0 saturated heterocycles. The van der Waals surface area contributed by atoms with Gasteiger partial charge in [-0.05, 0) is 68.3 Å². The van der Waals surface area contributed by atoms with Gasteiger partial charge in [0.15, 0.2) is 0 Å². The zero-order valence-corrected chi connectivity index (χ0v) is 18.8. The lowest BCUT2D eigenvalue weighted by Gasteiger charge is -2.30. The largest absolute Gasteiger partial charge is 0.344 e. The highest BCUT2D eigenvalue weighted by Crippen LogP contribution is 2.32. The van der Waals surface area contributed by atoms with Crippen LogP contribution >= 0.6 is 23.2 Å². The molecule has 32 heavy (non-hydrogen) atoms. The highest BCUT2D eigenvalue weighted by atomic mass is 35.5. The van der Waals surface area contributed by atoms with Crippen LogP contribution in [-0.2, 0) is 6.42 Å². The Balaban J connectivity index is 1.56. The summed E-state index contributed by atoms with van der Waals surface area (Å²) in [6.45, 7) is 2.36. The first kappa shape index (κ1) is 22.2. The summed E-state index contributed by atoms with van der Waals surface area (Å²) in [4.78, 5) is 32.0. The van der Waals surface area contributed by atoms with Crippen LogP contribution in [0.2, 0.25) is 10.0 Å². The standard InChI is InChI=1S/C24H20Cl2FN3O2/c1-14(28-23(31)15-7-9-16(27)10-8-15)19-11-12-21-20(29-19)6-3-13-30(21)24(32)22-17(25)4-2-5-18(22)26/h2,4-5,7-12,14H,3,6,13H2,1H3,(H,28,31). The second-order valence-corrected chi connectivity index (χ2v) is 8.38. The summed E-state index contributed by atoms with van der Waals surface area (Å²) in [5, 5.41) is 3.48. The summed E-state index contributed by atoms with van der Waals surface area (Å²) in [6.07, 6.45) is 1.45. The van der Waals surface area contributed by atoms with Gasteiger partial charge in [0.2, 0.25) is 0 Å². The number of nitrogens with one attached hydrogen (secondary N) is 1. The van der Waals surface area contributed by atoms with Crippen LogP contribution in [0.1, 0.15) is 51.5 Å². The number of benzene rings is 2. The van der Waals surface area contributed by atoms with Crippen LogP contribution < -0.4 is 10.2 Å². The van der Waals surface area contributed by atoms with E-state index in [-0.39, 0.29) is 23.4 Å². The number of anilines is 1. The molecule has 0 saturated carbocycles. The number of amides is 2. The Morgan fingerprint density at radius 3 is 2.44 bits per heavy atom. The van der Waals surface area contributed by atoms with Crippen molar-refractivity contribution < 1.29 is 14.0 Å². The second kappa shape index (κ2) is 9.27. The Labute approximate surface area is 195 Å². The van der Waals surface area contributed by atoms with E-state index in [4.69, 9.17) is 28.2 Å². The molecule has 3 aromatic rings. The smallest absolute Gasteiger partial charge is 0.261 e. The summed E-state index contributed by atoms with van der Waals surface area (Å²) < 4.78 is 13.1. The van der Waals surface area contributed by atoms with Gasteiger partial charge >= 0.3 is 0 Å². The average molecular weight is 472 g/mol. The first-order chi connectivity index (χ1) is 15.3. The second-order valence-electron chi connectivity index (χ2n) is 7.56. The predicted octanol–water partition coefficient (Wildman–Crippen LogP) is 5.61. The number of fused-ring (bicyclic) bond motifs is 1. The van der Waals surface area contributed by atoms with Crippen molar-refractivity contribution in [2.24, 2.45) is 0 Å². The number of halogens is 3. The van der Waals surface area contributed by atoms with Gasteiger partial charge in [0.1, 0.15) is 5.82 Å². The van der Waals surface area contributed by atoms with E-state index in [0.717, 1.165) is 12.1 Å². The van der Waals surface area contributed by atoms with E-state index in [2.05, 4.69) is 5.32 Å². The van der Waals surface area contributed by atoms with Gasteiger partial charge in [0.05, 0.1) is 38.7 Å². The van der Waals surface area contributed by atoms with Crippen LogP contribution in [0.25, 0.3) is 0 Å². The number of hydrogen-bond donors (Lipinski definition) is 1. The average Bonchev–Trinajstić information content (AvgIpc) is 2.78. The number of nitrogens with zero attached hydrogens (tertiary/aromatic N) is 2. The maximum absolute atomic E-state index is 13.2. The van der Waals surface area contributed by atoms with Crippen LogP contribution in [0, 0.1) is 5.82 Å². The molecule has 8 heteroatoms. The Hall–Kier alpha value is -2.96. The molecule has 1 aromatic heterocycles. The lowest BCUT2D eigenvalue weighted by molar-refractivity contribution is 0.0938. The Bertz CT molecular complexity index is 1160. The molecule has 0 aliphatic carbocycles. The maximum atomic E-state index is 13.2. The van der Waals surface area contributed by atoms with Crippen molar-refractivity contribution in [1.29, 1.82) is 0 Å². The van der Waals surface area contributed by atoms with Crippen LogP contribution in [0.4, 0.5) is 10.1 Å². The Morgan fingerprint density at radius 1 is 1.06 bits per heavy atom. The summed E-state index contributed by atoms with van der Waals surface area (Å²) in [5.74, 6) is -0.987. The molecule has 5 nitrogen and oxygen atoms in total. The molecule has 1 N–H and O–H groups in total. The molecule has 1 aliphatic heterocycles. The number of rotatable bonds is 4. The molecule has 1 atom stereocenters. The molecule has 0 fully saturated rings. The lowest BCUT2D eigenvalue weighted by atomic mass is 10.0. The molecule has 2 aromatic carbocycles. The zero-order chi connectivity index (χ0) is 22.8. The van der Waals surface area contributed by atoms with Crippen LogP contribution in [-0.4, -0.2) is 23.3 Å². The van der Waals surface area contributed by atoms with Gasteiger partial charge in [-0.1, -0.05) is 29.3 Å². The molecule has 1 unspecified atom stereocenters. The third-order valence-corrected chi connectivity index (χ3v) is 6.01. The summed E-state index contributed by atoms with van der Waals surface area (Å²) in [5.41, 5.74) is 2.78. The molecule has 0 spiro atoms. The van der Waals surface area contributed by atoms with Crippen LogP contribution in [0.15, 0.2) is 54.6 Å². The normalized spacial score (nSPS) is 13.9. The van der Waals surface area contributed by atoms with E-state index in [1.54, 1.807) is 29.2 Å². The van der Waals surface area contributed by atoms with Crippen molar-refractivity contribution in [2.75, 3.05) is 11.4 Å². The molecule has 1 aliphatic rings. The van der Waals surface area contributed by atoms with Crippen molar-refractivity contribution in [3.05, 3.63) is 93.0 Å². The van der Waals surface area contributed by atoms with E-state index in [0.29, 0.717) is 40.0 Å². The van der Waals surface area contributed by atoms with Gasteiger partial charge in [0.25, 0.3) is 11.8 Å². The Morgan fingerprint density at radius 2 is 1.75 bits per heavy atom. The maximum Gasteiger partial charge on any atom is 0.261 e. The molecule has 2 amide bonds. The van der Waals surface area contributed by atoms with Gasteiger partial charge in [-0.2, -0.15) is 0 Å². The molecule has 0 radical (unpaired) electrons. The van der Waals surface area contributed by atoms with Gasteiger partial charge in [0, 0.05) is 12.1 Å². The summed E-state index contributed by atoms with van der Waals surface area (Å²) in [6, 6.07) is 13.6. The first-order valence-corrected chi connectivity index (χ1v) is 10.9. The number of hydrogen-bond acceptors (Lipinski definition) is 3. The van der Waals surface area contributed by atoms with E-state index in [1.807, 2.05) is 13.0 Å². The van der Waals surface area contributed by atoms with E-state index in [9.17, 15) is 14.0 Å². The first-order valence-electron chi connectivity index (χ1n) is 10.2. The molecule has 2 heterocycles. The van der Waals surface area contributed by atoms with E-state index < -0.39 is 5.82 Å². The minimum Gasteiger partial charge on any atom is -0.344 e. The van der Waals surface area contributed by atoms with Gasteiger partial charge in [-0.3, -0.25) is 14.6 Å². The fourth-order valence-electron chi connectivity index (χ4n) is 3.71. The number of carbonyl (C=O) groups excluding carboxylic acids is 2. The third-order valence-electron chi connectivity index (χ3n) is 5.38. The van der Waals surface area contributed by atoms with Gasteiger partial charge in [-0.25, -0.2) is 4.39 Å². The molecule has 4 rings (SSSR count). The minimum absolute atomic E-state index is 0.270. The van der Waals surface area contributed by atoms with Crippen LogP contribution in [0.5, 0.6) is 0 Å². The van der Waals surface area contributed by atoms with Gasteiger partial charge in [-0.15, -0.1) is 0 Å². The summed E-state index contributed by atoms with van der Waals surface area (Å²) in [7, 11) is 0. The van der Waals surface area contributed by atoms with E-state index in [1.165, 1.54) is 24.3 Å². The van der Waals surface area contributed by atoms with Crippen molar-refractivity contribution >= 4 is 40.7 Å². The van der Waals surface area contributed by atoms with Gasteiger partial charge < -0.3 is 10.2 Å². The predicted molar refractivity (Wildman–Crippen MR) is 123 cm³/mol. The molecular weight excluding hydrogens is 452 g/mol. The zero-order valence-electron chi connectivity index (χ0n) is 17.2. The highest BCUT2D eigenvalue weighted by Gasteiger charge is 2.28. The number of aromatic nitrogens is 1. The van der Waals surface area contributed by atoms with Crippen molar-refractivity contribution in [1.82, 2.24) is 10.3 Å². The molecule has 164 valence electrons. The SMILES string of the molecule is CC(NC(=O)c1ccc(F)cc1)c1ccc2c(n1)CCCN2C(=O)c1c(Cl)cccc1Cl. The fourth-order valence-corrected chi connectivity index (χ4v) is 4.27. The van der Waals surface area contributed by atoms with E-state index >= 15 is 0 Å². The van der Waals surface area contributed by atoms with Crippen molar-refractivity contribution in [3.63, 3.8) is 0 Å². The number of aryl methyl sites for hydroxylation is 1. The Kier molecular flexibility index (Phi) is 6.44. The summed E-state index contributed by atoms with van der Waals surface area (Å²) >= 11 is 12.5. The van der Waals surface area contributed by atoms with Crippen molar-refractivity contribution in [2.45, 2.75) is 25.8 Å². The lowest BCUT2D eigenvalue weighted by Crippen LogP contribution is -2.36. The molecule has 0 bridgehead atoms. The number of carbonyl (C=O) groups is 2. The fraction of sp³-hybridized carbons (Fsp3) is 0.208. The molecular formula is C24H20Cl2FN3O2. The topological polar surface area (TPSA) is 62.3 Å². The van der Waals surface area contributed by atoms with Crippen LogP contribution in [0.3, 0.4) is 0 Å². The minimum atomic E-state index is -0.400. The highest BCUT2D eigenvalue weighted by molar-refractivity contribution is 6.40. The monoisotopic (exact) mass is 471 g/mol. The third kappa shape index (κ3) is 4.47.